The first kappa shape index (κ1) is 16.0. The van der Waals surface area contributed by atoms with Gasteiger partial charge in [0.05, 0.1) is 15.9 Å². The molecule has 0 atom stereocenters. The molecule has 108 valence electrons. The topological polar surface area (TPSA) is 113 Å². The molecule has 1 rings (SSSR count). The van der Waals surface area contributed by atoms with Gasteiger partial charge in [-0.05, 0) is 25.0 Å². The molecule has 0 aliphatic heterocycles. The average molecular weight is 301 g/mol. The molecule has 0 aliphatic rings. The van der Waals surface area contributed by atoms with Gasteiger partial charge in [0.15, 0.2) is 0 Å². The molecule has 9 heteroatoms. The number of nitro benzene ring substituents is 1. The summed E-state index contributed by atoms with van der Waals surface area (Å²) in [5.41, 5.74) is -1.01. The first-order chi connectivity index (χ1) is 9.29. The largest absolute Gasteiger partial charge is 0.306 e. The van der Waals surface area contributed by atoms with Crippen LogP contribution in [-0.2, 0) is 10.0 Å². The fourth-order valence-electron chi connectivity index (χ4n) is 1.46. The zero-order chi connectivity index (χ0) is 15.3. The second-order valence-electron chi connectivity index (χ2n) is 3.99. The van der Waals surface area contributed by atoms with Crippen molar-refractivity contribution in [3.8, 4) is 6.07 Å². The monoisotopic (exact) mass is 301 g/mol. The van der Waals surface area contributed by atoms with Gasteiger partial charge in [0.2, 0.25) is 15.8 Å². The number of nitrogens with one attached hydrogen (secondary N) is 1. The summed E-state index contributed by atoms with van der Waals surface area (Å²) in [7, 11) is -3.97. The molecule has 0 aromatic heterocycles. The third-order valence-electron chi connectivity index (χ3n) is 2.47. The van der Waals surface area contributed by atoms with Crippen LogP contribution in [-0.4, -0.2) is 19.9 Å². The highest BCUT2D eigenvalue weighted by Gasteiger charge is 2.23. The molecule has 0 spiro atoms. The van der Waals surface area contributed by atoms with Crippen molar-refractivity contribution >= 4 is 15.7 Å². The van der Waals surface area contributed by atoms with Crippen molar-refractivity contribution < 1.29 is 17.7 Å². The number of sulfonamides is 1. The van der Waals surface area contributed by atoms with E-state index in [4.69, 9.17) is 5.26 Å². The second kappa shape index (κ2) is 6.40. The molecule has 0 amide bonds. The van der Waals surface area contributed by atoms with Gasteiger partial charge in [-0.2, -0.15) is 9.65 Å². The van der Waals surface area contributed by atoms with Crippen molar-refractivity contribution in [3.05, 3.63) is 33.6 Å². The quantitative estimate of drug-likeness (QED) is 0.487. The van der Waals surface area contributed by atoms with E-state index in [0.717, 1.165) is 6.07 Å². The van der Waals surface area contributed by atoms with Crippen LogP contribution in [0, 0.1) is 34.2 Å². The van der Waals surface area contributed by atoms with Crippen molar-refractivity contribution in [2.75, 3.05) is 6.54 Å². The van der Waals surface area contributed by atoms with E-state index < -0.39 is 26.5 Å². The van der Waals surface area contributed by atoms with Crippen LogP contribution in [0.3, 0.4) is 0 Å². The predicted octanol–water partition coefficient (Wildman–Crippen LogP) is 1.62. The summed E-state index contributed by atoms with van der Waals surface area (Å²) in [5, 5.41) is 19.0. The maximum atomic E-state index is 13.5. The summed E-state index contributed by atoms with van der Waals surface area (Å²) in [6, 6.07) is 3.56. The molecular weight excluding hydrogens is 289 g/mol. The van der Waals surface area contributed by atoms with E-state index in [2.05, 4.69) is 4.72 Å². The smallest absolute Gasteiger partial charge is 0.258 e. The Morgan fingerprint density at radius 1 is 1.50 bits per heavy atom. The zero-order valence-electron chi connectivity index (χ0n) is 10.6. The minimum atomic E-state index is -3.97. The lowest BCUT2D eigenvalue weighted by Crippen LogP contribution is -2.25. The van der Waals surface area contributed by atoms with Crippen molar-refractivity contribution in [2.24, 2.45) is 0 Å². The molecular formula is C11H12FN3O4S. The third kappa shape index (κ3) is 3.72. The number of aryl methyl sites for hydroxylation is 1. The average Bonchev–Trinajstić information content (AvgIpc) is 2.37. The lowest BCUT2D eigenvalue weighted by molar-refractivity contribution is -0.387. The van der Waals surface area contributed by atoms with Crippen LogP contribution in [0.4, 0.5) is 10.1 Å². The molecule has 0 aliphatic carbocycles. The Labute approximate surface area is 115 Å². The summed E-state index contributed by atoms with van der Waals surface area (Å²) >= 11 is 0. The number of hydrogen-bond donors (Lipinski definition) is 1. The number of unbranched alkanes of at least 4 members (excludes halogenated alkanes) is 1. The van der Waals surface area contributed by atoms with Crippen molar-refractivity contribution in [1.29, 1.82) is 5.26 Å². The first-order valence-corrected chi connectivity index (χ1v) is 7.09. The first-order valence-electron chi connectivity index (χ1n) is 5.60. The Kier molecular flexibility index (Phi) is 5.12. The van der Waals surface area contributed by atoms with Gasteiger partial charge in [-0.3, -0.25) is 10.1 Å². The highest BCUT2D eigenvalue weighted by molar-refractivity contribution is 7.89. The van der Waals surface area contributed by atoms with E-state index >= 15 is 0 Å². The fourth-order valence-corrected chi connectivity index (χ4v) is 2.64. The Hall–Kier alpha value is -2.05. The Balaban J connectivity index is 3.07. The third-order valence-corrected chi connectivity index (χ3v) is 3.91. The summed E-state index contributed by atoms with van der Waals surface area (Å²) in [6.45, 7) is 1.27. The molecule has 1 aromatic carbocycles. The molecule has 0 bridgehead atoms. The van der Waals surface area contributed by atoms with E-state index in [0.29, 0.717) is 12.5 Å². The second-order valence-corrected chi connectivity index (χ2v) is 5.76. The Bertz CT molecular complexity index is 667. The number of nitro groups is 1. The van der Waals surface area contributed by atoms with Crippen molar-refractivity contribution in [1.82, 2.24) is 4.72 Å². The van der Waals surface area contributed by atoms with Crippen LogP contribution in [0.25, 0.3) is 0 Å². The van der Waals surface area contributed by atoms with Gasteiger partial charge in [0.1, 0.15) is 0 Å². The van der Waals surface area contributed by atoms with Crippen LogP contribution in [0.5, 0.6) is 0 Å². The van der Waals surface area contributed by atoms with E-state index in [9.17, 15) is 22.9 Å². The minimum absolute atomic E-state index is 0.0279. The van der Waals surface area contributed by atoms with Crippen LogP contribution in [0.1, 0.15) is 18.4 Å². The number of rotatable bonds is 6. The van der Waals surface area contributed by atoms with E-state index in [-0.39, 0.29) is 23.4 Å². The van der Waals surface area contributed by atoms with Crippen molar-refractivity contribution in [2.45, 2.75) is 24.7 Å². The van der Waals surface area contributed by atoms with Gasteiger partial charge in [-0.25, -0.2) is 13.1 Å². The normalized spacial score (nSPS) is 11.1. The molecule has 0 unspecified atom stereocenters. The SMILES string of the molecule is Cc1cc(S(=O)(=O)NCCCC#N)cc([N+](=O)[O-])c1F. The van der Waals surface area contributed by atoms with E-state index in [1.807, 2.05) is 6.07 Å². The minimum Gasteiger partial charge on any atom is -0.258 e. The zero-order valence-corrected chi connectivity index (χ0v) is 11.4. The van der Waals surface area contributed by atoms with Crippen LogP contribution < -0.4 is 4.72 Å². The molecule has 0 radical (unpaired) electrons. The number of nitrogens with zero attached hydrogens (tertiary/aromatic N) is 2. The van der Waals surface area contributed by atoms with E-state index in [1.165, 1.54) is 6.92 Å². The highest BCUT2D eigenvalue weighted by Crippen LogP contribution is 2.24. The highest BCUT2D eigenvalue weighted by atomic mass is 32.2. The number of halogens is 1. The van der Waals surface area contributed by atoms with Crippen molar-refractivity contribution in [3.63, 3.8) is 0 Å². The van der Waals surface area contributed by atoms with Gasteiger partial charge < -0.3 is 0 Å². The molecule has 0 heterocycles. The molecule has 1 aromatic rings. The molecule has 0 saturated heterocycles. The molecule has 7 nitrogen and oxygen atoms in total. The van der Waals surface area contributed by atoms with Crippen LogP contribution in [0.2, 0.25) is 0 Å². The maximum Gasteiger partial charge on any atom is 0.306 e. The molecule has 0 fully saturated rings. The van der Waals surface area contributed by atoms with Gasteiger partial charge >= 0.3 is 5.69 Å². The van der Waals surface area contributed by atoms with Gasteiger partial charge in [-0.1, -0.05) is 0 Å². The summed E-state index contributed by atoms with van der Waals surface area (Å²) in [4.78, 5) is 9.32. The Morgan fingerprint density at radius 3 is 2.70 bits per heavy atom. The lowest BCUT2D eigenvalue weighted by atomic mass is 10.2. The lowest BCUT2D eigenvalue weighted by Gasteiger charge is -2.07. The maximum absolute atomic E-state index is 13.5. The van der Waals surface area contributed by atoms with E-state index in [1.54, 1.807) is 0 Å². The summed E-state index contributed by atoms with van der Waals surface area (Å²) in [6.07, 6.45) is 0.503. The van der Waals surface area contributed by atoms with Gasteiger partial charge in [0, 0.05) is 19.0 Å². The number of hydrogen-bond acceptors (Lipinski definition) is 5. The molecule has 1 N–H and O–H groups in total. The Morgan fingerprint density at radius 2 is 2.15 bits per heavy atom. The standard InChI is InChI=1S/C11H12FN3O4S/c1-8-6-9(7-10(11(8)12)15(16)17)20(18,19)14-5-3-2-4-13/h6-7,14H,2-3,5H2,1H3. The fraction of sp³-hybridized carbons (Fsp3) is 0.364. The summed E-state index contributed by atoms with van der Waals surface area (Å²) in [5.74, 6) is -1.06. The van der Waals surface area contributed by atoms with Crippen LogP contribution in [0.15, 0.2) is 17.0 Å². The summed E-state index contributed by atoms with van der Waals surface area (Å²) < 4.78 is 39.5. The van der Waals surface area contributed by atoms with Crippen LogP contribution >= 0.6 is 0 Å². The van der Waals surface area contributed by atoms with Gasteiger partial charge in [-0.15, -0.1) is 0 Å². The predicted molar refractivity (Wildman–Crippen MR) is 67.8 cm³/mol. The van der Waals surface area contributed by atoms with Gasteiger partial charge in [0.25, 0.3) is 0 Å². The molecule has 0 saturated carbocycles. The molecule has 20 heavy (non-hydrogen) atoms. The number of nitriles is 1. The number of benzene rings is 1.